The molecule has 0 aliphatic heterocycles. The molecule has 0 heterocycles. The quantitative estimate of drug-likeness (QED) is 0.432. The summed E-state index contributed by atoms with van der Waals surface area (Å²) in [5, 5.41) is 0.793. The van der Waals surface area contributed by atoms with Gasteiger partial charge in [0.2, 0.25) is 0 Å². The molecule has 0 aromatic heterocycles. The van der Waals surface area contributed by atoms with Gasteiger partial charge in [0.05, 0.1) is 0 Å². The molecule has 0 aliphatic rings. The lowest BCUT2D eigenvalue weighted by Crippen LogP contribution is -2.28. The van der Waals surface area contributed by atoms with Crippen molar-refractivity contribution in [2.24, 2.45) is 5.84 Å². The monoisotopic (exact) mass is 240 g/mol. The van der Waals surface area contributed by atoms with E-state index in [0.717, 1.165) is 17.0 Å². The van der Waals surface area contributed by atoms with E-state index in [4.69, 9.17) is 17.4 Å². The number of hydrogen-bond donors (Lipinski definition) is 2. The Kier molecular flexibility index (Phi) is 6.46. The Morgan fingerprint density at radius 2 is 2.00 bits per heavy atom. The number of hydrogen-bond acceptors (Lipinski definition) is 2. The smallest absolute Gasteiger partial charge is 0.0474 e. The molecule has 3 heteroatoms. The van der Waals surface area contributed by atoms with Crippen molar-refractivity contribution in [2.45, 2.75) is 45.1 Å². The first-order chi connectivity index (χ1) is 7.79. The van der Waals surface area contributed by atoms with Crippen LogP contribution in [-0.2, 0) is 0 Å². The molecule has 1 aromatic rings. The maximum absolute atomic E-state index is 6.14. The van der Waals surface area contributed by atoms with Crippen LogP contribution in [-0.4, -0.2) is 0 Å². The summed E-state index contributed by atoms with van der Waals surface area (Å²) >= 11 is 6.14. The summed E-state index contributed by atoms with van der Waals surface area (Å²) in [6.45, 7) is 2.22. The Hall–Kier alpha value is -0.570. The van der Waals surface area contributed by atoms with Crippen LogP contribution >= 0.6 is 11.6 Å². The average Bonchev–Trinajstić information content (AvgIpc) is 2.31. The molecule has 0 bridgehead atoms. The molecule has 0 fully saturated rings. The molecule has 0 radical (unpaired) electrons. The zero-order valence-corrected chi connectivity index (χ0v) is 10.6. The van der Waals surface area contributed by atoms with Gasteiger partial charge in [-0.05, 0) is 18.1 Å². The van der Waals surface area contributed by atoms with Crippen molar-refractivity contribution in [3.63, 3.8) is 0 Å². The van der Waals surface area contributed by atoms with Crippen LogP contribution in [0.5, 0.6) is 0 Å². The first-order valence-electron chi connectivity index (χ1n) is 6.00. The molecule has 3 N–H and O–H groups in total. The van der Waals surface area contributed by atoms with E-state index in [2.05, 4.69) is 12.3 Å². The topological polar surface area (TPSA) is 38.0 Å². The fourth-order valence-electron chi connectivity index (χ4n) is 1.86. The van der Waals surface area contributed by atoms with Crippen molar-refractivity contribution in [1.29, 1.82) is 0 Å². The van der Waals surface area contributed by atoms with E-state index in [1.54, 1.807) is 0 Å². The summed E-state index contributed by atoms with van der Waals surface area (Å²) < 4.78 is 0. The summed E-state index contributed by atoms with van der Waals surface area (Å²) in [5.41, 5.74) is 3.95. The Morgan fingerprint density at radius 1 is 1.25 bits per heavy atom. The lowest BCUT2D eigenvalue weighted by atomic mass is 10.0. The molecule has 2 nitrogen and oxygen atoms in total. The molecule has 0 amide bonds. The molecular formula is C13H21ClN2. The third kappa shape index (κ3) is 4.12. The third-order valence-corrected chi connectivity index (χ3v) is 3.17. The predicted octanol–water partition coefficient (Wildman–Crippen LogP) is 3.81. The fraction of sp³-hybridized carbons (Fsp3) is 0.538. The minimum Gasteiger partial charge on any atom is -0.271 e. The lowest BCUT2D eigenvalue weighted by molar-refractivity contribution is 0.482. The highest BCUT2D eigenvalue weighted by atomic mass is 35.5. The van der Waals surface area contributed by atoms with Gasteiger partial charge in [0.15, 0.2) is 0 Å². The fourth-order valence-corrected chi connectivity index (χ4v) is 2.13. The van der Waals surface area contributed by atoms with Crippen LogP contribution in [0.15, 0.2) is 24.3 Å². The molecule has 1 rings (SSSR count). The second-order valence-electron chi connectivity index (χ2n) is 4.09. The molecule has 1 aromatic carbocycles. The molecule has 0 spiro atoms. The Bertz CT molecular complexity index is 302. The van der Waals surface area contributed by atoms with E-state index in [-0.39, 0.29) is 6.04 Å². The Labute approximate surface area is 103 Å². The van der Waals surface area contributed by atoms with Gasteiger partial charge >= 0.3 is 0 Å². The van der Waals surface area contributed by atoms with E-state index in [9.17, 15) is 0 Å². The van der Waals surface area contributed by atoms with Crippen molar-refractivity contribution in [1.82, 2.24) is 5.43 Å². The first kappa shape index (κ1) is 13.5. The highest BCUT2D eigenvalue weighted by Crippen LogP contribution is 2.26. The first-order valence-corrected chi connectivity index (χ1v) is 6.38. The van der Waals surface area contributed by atoms with Crippen LogP contribution in [0, 0.1) is 0 Å². The highest BCUT2D eigenvalue weighted by Gasteiger charge is 2.11. The number of halogens is 1. The molecule has 0 saturated heterocycles. The van der Waals surface area contributed by atoms with Crippen LogP contribution < -0.4 is 11.3 Å². The molecule has 1 unspecified atom stereocenters. The second kappa shape index (κ2) is 7.66. The minimum absolute atomic E-state index is 0.172. The molecular weight excluding hydrogens is 220 g/mol. The van der Waals surface area contributed by atoms with Gasteiger partial charge in [-0.25, -0.2) is 0 Å². The van der Waals surface area contributed by atoms with Crippen LogP contribution in [0.3, 0.4) is 0 Å². The predicted molar refractivity (Wildman–Crippen MR) is 70.3 cm³/mol. The maximum atomic E-state index is 6.14. The van der Waals surface area contributed by atoms with Crippen molar-refractivity contribution >= 4 is 11.6 Å². The number of unbranched alkanes of at least 4 members (excludes halogenated alkanes) is 3. The molecule has 1 atom stereocenters. The minimum atomic E-state index is 0.172. The van der Waals surface area contributed by atoms with Crippen LogP contribution in [0.25, 0.3) is 0 Å². The van der Waals surface area contributed by atoms with Crippen molar-refractivity contribution < 1.29 is 0 Å². The van der Waals surface area contributed by atoms with Gasteiger partial charge in [0, 0.05) is 11.1 Å². The molecule has 0 aliphatic carbocycles. The van der Waals surface area contributed by atoms with Crippen molar-refractivity contribution in [3.05, 3.63) is 34.9 Å². The van der Waals surface area contributed by atoms with E-state index >= 15 is 0 Å². The lowest BCUT2D eigenvalue weighted by Gasteiger charge is -2.17. The summed E-state index contributed by atoms with van der Waals surface area (Å²) in [6, 6.07) is 8.05. The number of benzene rings is 1. The van der Waals surface area contributed by atoms with Gasteiger partial charge in [-0.3, -0.25) is 11.3 Å². The van der Waals surface area contributed by atoms with Gasteiger partial charge in [-0.2, -0.15) is 0 Å². The third-order valence-electron chi connectivity index (χ3n) is 2.83. The number of rotatable bonds is 7. The zero-order valence-electron chi connectivity index (χ0n) is 9.88. The second-order valence-corrected chi connectivity index (χ2v) is 4.50. The van der Waals surface area contributed by atoms with Gasteiger partial charge in [0.1, 0.15) is 0 Å². The van der Waals surface area contributed by atoms with E-state index in [1.165, 1.54) is 25.7 Å². The normalized spacial score (nSPS) is 12.7. The van der Waals surface area contributed by atoms with Crippen molar-refractivity contribution in [2.75, 3.05) is 0 Å². The van der Waals surface area contributed by atoms with Crippen LogP contribution in [0.4, 0.5) is 0 Å². The number of nitrogens with two attached hydrogens (primary N) is 1. The van der Waals surface area contributed by atoms with Gasteiger partial charge in [0.25, 0.3) is 0 Å². The van der Waals surface area contributed by atoms with E-state index in [1.807, 2.05) is 24.3 Å². The maximum Gasteiger partial charge on any atom is 0.0474 e. The van der Waals surface area contributed by atoms with Gasteiger partial charge in [-0.15, -0.1) is 0 Å². The average molecular weight is 241 g/mol. The van der Waals surface area contributed by atoms with Crippen LogP contribution in [0.1, 0.15) is 50.6 Å². The van der Waals surface area contributed by atoms with E-state index < -0.39 is 0 Å². The summed E-state index contributed by atoms with van der Waals surface area (Å²) in [5.74, 6) is 5.58. The summed E-state index contributed by atoms with van der Waals surface area (Å²) in [4.78, 5) is 0. The molecule has 0 saturated carbocycles. The molecule has 90 valence electrons. The summed E-state index contributed by atoms with van der Waals surface area (Å²) in [7, 11) is 0. The standard InChI is InChI=1S/C13H21ClN2/c1-2-3-4-5-10-13(16-15)11-8-6-7-9-12(11)14/h6-9,13,16H,2-5,10,15H2,1H3. The Morgan fingerprint density at radius 3 is 2.62 bits per heavy atom. The van der Waals surface area contributed by atoms with Gasteiger partial charge < -0.3 is 0 Å². The zero-order chi connectivity index (χ0) is 11.8. The number of hydrazine groups is 1. The number of nitrogens with one attached hydrogen (secondary N) is 1. The SMILES string of the molecule is CCCCCCC(NN)c1ccccc1Cl. The van der Waals surface area contributed by atoms with Gasteiger partial charge in [-0.1, -0.05) is 62.4 Å². The summed E-state index contributed by atoms with van der Waals surface area (Å²) in [6.07, 6.45) is 6.04. The Balaban J connectivity index is 2.51. The van der Waals surface area contributed by atoms with E-state index in [0.29, 0.717) is 0 Å². The largest absolute Gasteiger partial charge is 0.271 e. The molecule has 16 heavy (non-hydrogen) atoms. The highest BCUT2D eigenvalue weighted by molar-refractivity contribution is 6.31. The van der Waals surface area contributed by atoms with Crippen molar-refractivity contribution in [3.8, 4) is 0 Å². The van der Waals surface area contributed by atoms with Crippen LogP contribution in [0.2, 0.25) is 5.02 Å².